The highest BCUT2D eigenvalue weighted by Crippen LogP contribution is 2.33. The van der Waals surface area contributed by atoms with Crippen LogP contribution in [0.25, 0.3) is 16.6 Å². The van der Waals surface area contributed by atoms with Crippen LogP contribution in [0.5, 0.6) is 0 Å². The summed E-state index contributed by atoms with van der Waals surface area (Å²) in [6.07, 6.45) is 6.11. The highest BCUT2D eigenvalue weighted by Gasteiger charge is 2.35. The van der Waals surface area contributed by atoms with Gasteiger partial charge >= 0.3 is 24.1 Å². The van der Waals surface area contributed by atoms with Crippen molar-refractivity contribution >= 4 is 110 Å². The molecule has 0 unspecified atom stereocenters. The van der Waals surface area contributed by atoms with Gasteiger partial charge in [-0.1, -0.05) is 42.8 Å². The fourth-order valence-corrected chi connectivity index (χ4v) is 12.3. The molecule has 10 aromatic rings. The van der Waals surface area contributed by atoms with Crippen molar-refractivity contribution in [1.29, 1.82) is 0 Å². The summed E-state index contributed by atoms with van der Waals surface area (Å²) >= 11 is 5.77. The number of benzene rings is 8. The molecule has 110 heavy (non-hydrogen) atoms. The number of rotatable bonds is 18. The molecule has 0 atom stereocenters. The maximum Gasteiger partial charge on any atom is 0.323 e. The molecule has 0 saturated carbocycles. The van der Waals surface area contributed by atoms with Crippen molar-refractivity contribution in [2.45, 2.75) is 51.6 Å². The Balaban J connectivity index is 0.000000146. The van der Waals surface area contributed by atoms with Crippen LogP contribution in [0.4, 0.5) is 83.5 Å². The topological polar surface area (TPSA) is 275 Å². The molecule has 4 saturated heterocycles. The van der Waals surface area contributed by atoms with Gasteiger partial charge in [0.25, 0.3) is 11.8 Å². The van der Waals surface area contributed by atoms with E-state index in [0.29, 0.717) is 65.9 Å². The van der Waals surface area contributed by atoms with Crippen LogP contribution in [-0.4, -0.2) is 168 Å². The third-order valence-corrected chi connectivity index (χ3v) is 18.4. The van der Waals surface area contributed by atoms with Crippen molar-refractivity contribution in [2.75, 3.05) is 139 Å². The van der Waals surface area contributed by atoms with E-state index in [1.807, 2.05) is 117 Å². The third kappa shape index (κ3) is 24.4. The summed E-state index contributed by atoms with van der Waals surface area (Å²) in [6.45, 7) is 13.3. The van der Waals surface area contributed by atoms with Crippen LogP contribution in [-0.2, 0) is 34.3 Å². The summed E-state index contributed by atoms with van der Waals surface area (Å²) in [4.78, 5) is 81.0. The zero-order chi connectivity index (χ0) is 77.2. The number of ether oxygens (including phenoxy) is 3. The van der Waals surface area contributed by atoms with Gasteiger partial charge in [-0.2, -0.15) is 10.2 Å². The molecule has 0 radical (unpaired) electrons. The number of hydrogen-bond donors (Lipinski definition) is 8. The maximum absolute atomic E-state index is 14.3. The van der Waals surface area contributed by atoms with Gasteiger partial charge in [0.05, 0.1) is 62.7 Å². The fourth-order valence-electron chi connectivity index (χ4n) is 12.2. The average Bonchev–Trinajstić information content (AvgIpc) is 1.52. The third-order valence-electron chi connectivity index (χ3n) is 18.1. The summed E-state index contributed by atoms with van der Waals surface area (Å²) in [5, 5.41) is 32.0. The quantitative estimate of drug-likeness (QED) is 0.0371. The van der Waals surface area contributed by atoms with E-state index in [2.05, 4.69) is 62.5 Å². The average molecular weight is 1520 g/mol. The minimum atomic E-state index is -2.69. The summed E-state index contributed by atoms with van der Waals surface area (Å²) in [7, 11) is 1.89. The van der Waals surface area contributed by atoms with Crippen LogP contribution >= 0.6 is 11.6 Å². The van der Waals surface area contributed by atoms with Gasteiger partial charge in [0, 0.05) is 171 Å². The second-order valence-electron chi connectivity index (χ2n) is 26.3. The molecular formula is C81H88ClF3N16O9. The molecule has 2 aromatic heterocycles. The molecule has 4 fully saturated rings. The lowest BCUT2D eigenvalue weighted by molar-refractivity contribution is -0.0221. The first-order chi connectivity index (χ1) is 53.3. The minimum absolute atomic E-state index is 0.0398. The van der Waals surface area contributed by atoms with Crippen LogP contribution < -0.4 is 47.4 Å². The number of alkyl halides is 2. The van der Waals surface area contributed by atoms with E-state index >= 15 is 0 Å². The Bertz CT molecular complexity index is 4650. The Labute approximate surface area is 640 Å². The van der Waals surface area contributed by atoms with Crippen LogP contribution in [0, 0.1) is 5.82 Å². The lowest BCUT2D eigenvalue weighted by Gasteiger charge is -2.33. The molecule has 0 aliphatic carbocycles. The molecule has 9 amide bonds. The van der Waals surface area contributed by atoms with Gasteiger partial charge in [-0.3, -0.25) is 24.1 Å². The second kappa shape index (κ2) is 39.4. The van der Waals surface area contributed by atoms with Gasteiger partial charge in [-0.15, -0.1) is 0 Å². The monoisotopic (exact) mass is 1520 g/mol. The number of piperidine rings is 1. The van der Waals surface area contributed by atoms with Crippen LogP contribution in [0.15, 0.2) is 207 Å². The predicted octanol–water partition coefficient (Wildman–Crippen LogP) is 15.5. The van der Waals surface area contributed by atoms with E-state index in [9.17, 15) is 41.9 Å². The molecule has 8 N–H and O–H groups in total. The number of carbonyl (C=O) groups is 6. The predicted molar refractivity (Wildman–Crippen MR) is 423 cm³/mol. The van der Waals surface area contributed by atoms with E-state index in [1.165, 1.54) is 29.3 Å². The lowest BCUT2D eigenvalue weighted by Crippen LogP contribution is -2.40. The Morgan fingerprint density at radius 2 is 0.891 bits per heavy atom. The number of amides is 9. The number of ketones is 1. The first-order valence-corrected chi connectivity index (χ1v) is 36.6. The van der Waals surface area contributed by atoms with E-state index in [0.717, 1.165) is 111 Å². The summed E-state index contributed by atoms with van der Waals surface area (Å²) < 4.78 is 60.4. The number of anilines is 9. The van der Waals surface area contributed by atoms with Crippen molar-refractivity contribution in [3.8, 4) is 5.69 Å². The van der Waals surface area contributed by atoms with Gasteiger partial charge in [0.15, 0.2) is 5.78 Å². The van der Waals surface area contributed by atoms with Gasteiger partial charge in [-0.05, 0) is 181 Å². The number of Topliss-reactive ketones (excluding diaryl/α,β-unsaturated/α-hetero) is 1. The second-order valence-corrected chi connectivity index (χ2v) is 26.7. The standard InChI is InChI=1S/C22H25N3O4.C21H23N5O2.C20H23N5O2.C18H17ClF3N3O/c1-2-3-20(26)16-4-8-18(9-5-16)23-22(28)24-19-10-6-17(7-11-19)21(27)25-12-14-29-15-13-25;27-21(24-19-6-8-20(9-7-19)26-11-1-10-22-26)23-18-4-2-17(3-5-18)16-25-12-14-28-15-13-25;1-24-19-7-6-18(12-16(19)13-21-24)23-20(26)22-17-4-2-15(3-5-17)14-25-8-10-27-11-9-25;19-12-1-3-13(4-2-12)23-17(26)24-14-5-6-16(15(20)11-14)25-9-7-18(21,22)8-10-25/h4-11H,2-3,12-15H2,1H3,(H2,23,24,28);1-11H,12-16H2,(H2,23,24,27);2-7,12-13H,8-11,14H2,1H3,(H2,22,23,26);1-6,11H,7-10H2,(H2,23,24,26). The van der Waals surface area contributed by atoms with Gasteiger partial charge in [-0.25, -0.2) is 37.0 Å². The highest BCUT2D eigenvalue weighted by molar-refractivity contribution is 6.30. The zero-order valence-corrected chi connectivity index (χ0v) is 61.8. The largest absolute Gasteiger partial charge is 0.379 e. The zero-order valence-electron chi connectivity index (χ0n) is 61.0. The SMILES string of the molecule is CCCC(=O)c1ccc(NC(=O)Nc2ccc(C(=O)N3CCOCC3)cc2)cc1.Cn1ncc2cc(NC(=O)Nc3ccc(CN4CCOCC4)cc3)ccc21.O=C(Nc1ccc(CN2CCOCC2)cc1)Nc1ccc(-n2cccn2)cc1.O=C(Nc1ccc(Cl)cc1)Nc1ccc(N2CCC(F)(F)CC2)c(F)c1. The molecule has 4 aliphatic heterocycles. The first-order valence-electron chi connectivity index (χ1n) is 36.2. The number of halogens is 4. The number of aryl methyl sites for hydroxylation is 1. The minimum Gasteiger partial charge on any atom is -0.379 e. The molecule has 29 heteroatoms. The number of urea groups is 4. The van der Waals surface area contributed by atoms with E-state index in [-0.39, 0.29) is 61.1 Å². The normalized spacial score (nSPS) is 14.8. The van der Waals surface area contributed by atoms with E-state index < -0.39 is 23.8 Å². The summed E-state index contributed by atoms with van der Waals surface area (Å²) in [5.74, 6) is -3.20. The molecule has 8 aromatic carbocycles. The van der Waals surface area contributed by atoms with Crippen LogP contribution in [0.3, 0.4) is 0 Å². The Morgan fingerprint density at radius 1 is 0.482 bits per heavy atom. The summed E-state index contributed by atoms with van der Waals surface area (Å²) in [5.41, 5.74) is 10.8. The van der Waals surface area contributed by atoms with Crippen molar-refractivity contribution < 1.29 is 56.1 Å². The fraction of sp³-hybridized carbons (Fsp3) is 0.284. The van der Waals surface area contributed by atoms with Crippen molar-refractivity contribution in [3.05, 3.63) is 240 Å². The molecule has 0 spiro atoms. The summed E-state index contributed by atoms with van der Waals surface area (Å²) in [6, 6.07) is 53.9. The first kappa shape index (κ1) is 79.4. The number of hydrogen-bond acceptors (Lipinski definition) is 14. The lowest BCUT2D eigenvalue weighted by atomic mass is 10.1. The van der Waals surface area contributed by atoms with Crippen molar-refractivity contribution in [1.82, 2.24) is 34.3 Å². The van der Waals surface area contributed by atoms with Crippen LogP contribution in [0.2, 0.25) is 5.02 Å². The number of carbonyl (C=O) groups excluding carboxylic acids is 6. The van der Waals surface area contributed by atoms with Crippen molar-refractivity contribution in [2.24, 2.45) is 7.05 Å². The van der Waals surface area contributed by atoms with Crippen molar-refractivity contribution in [3.63, 3.8) is 0 Å². The number of fused-ring (bicyclic) bond motifs is 1. The molecule has 6 heterocycles. The molecule has 0 bridgehead atoms. The number of nitrogens with one attached hydrogen (secondary N) is 8. The van der Waals surface area contributed by atoms with E-state index in [1.54, 1.807) is 104 Å². The van der Waals surface area contributed by atoms with Gasteiger partial charge < -0.3 is 66.5 Å². The molecule has 574 valence electrons. The van der Waals surface area contributed by atoms with Gasteiger partial charge in [0.1, 0.15) is 5.82 Å². The number of morpholine rings is 3. The van der Waals surface area contributed by atoms with Gasteiger partial charge in [0.2, 0.25) is 0 Å². The molecule has 4 aliphatic rings. The Kier molecular flexibility index (Phi) is 28.5. The van der Waals surface area contributed by atoms with E-state index in [4.69, 9.17) is 25.8 Å². The molecule has 14 rings (SSSR count). The Hall–Kier alpha value is -11.7. The Morgan fingerprint density at radius 3 is 1.35 bits per heavy atom. The molecular weight excluding hydrogens is 1430 g/mol. The smallest absolute Gasteiger partial charge is 0.323 e. The maximum atomic E-state index is 14.3. The number of nitrogens with zero attached hydrogens (tertiary/aromatic N) is 8. The number of aromatic nitrogens is 4. The van der Waals surface area contributed by atoms with Crippen LogP contribution in [0.1, 0.15) is 64.4 Å². The highest BCUT2D eigenvalue weighted by atomic mass is 35.5. The molecule has 25 nitrogen and oxygen atoms in total.